The number of benzene rings is 4. The van der Waals surface area contributed by atoms with E-state index in [-0.39, 0.29) is 5.78 Å². The number of rotatable bonds is 5. The number of ketones is 1. The van der Waals surface area contributed by atoms with Gasteiger partial charge in [0.25, 0.3) is 0 Å². The minimum absolute atomic E-state index is 0.0719. The van der Waals surface area contributed by atoms with E-state index >= 15 is 0 Å². The average Bonchev–Trinajstić information content (AvgIpc) is 2.76. The van der Waals surface area contributed by atoms with E-state index in [0.29, 0.717) is 33.9 Å². The van der Waals surface area contributed by atoms with E-state index in [0.717, 1.165) is 5.56 Å². The van der Waals surface area contributed by atoms with Gasteiger partial charge in [-0.1, -0.05) is 78.9 Å². The van der Waals surface area contributed by atoms with Crippen LogP contribution < -0.4 is 10.5 Å². The number of carbonyl (C=O) groups is 1. The predicted octanol–water partition coefficient (Wildman–Crippen LogP) is 5.96. The van der Waals surface area contributed by atoms with Gasteiger partial charge >= 0.3 is 0 Å². The molecule has 0 bridgehead atoms. The van der Waals surface area contributed by atoms with Crippen molar-refractivity contribution in [3.63, 3.8) is 0 Å². The first-order valence-corrected chi connectivity index (χ1v) is 9.04. The van der Waals surface area contributed by atoms with Crippen LogP contribution in [0.1, 0.15) is 15.9 Å². The van der Waals surface area contributed by atoms with Crippen LogP contribution in [0.3, 0.4) is 0 Å². The Balaban J connectivity index is 1.92. The molecule has 4 aromatic carbocycles. The molecule has 0 aromatic heterocycles. The Morgan fingerprint density at radius 1 is 0.679 bits per heavy atom. The Morgan fingerprint density at radius 3 is 1.89 bits per heavy atom. The highest BCUT2D eigenvalue weighted by atomic mass is 16.5. The first-order chi connectivity index (χ1) is 13.7. The summed E-state index contributed by atoms with van der Waals surface area (Å²) in [5, 5.41) is 0. The molecule has 3 heteroatoms. The lowest BCUT2D eigenvalue weighted by molar-refractivity contribution is 0.103. The van der Waals surface area contributed by atoms with E-state index in [4.69, 9.17) is 10.5 Å². The minimum atomic E-state index is -0.0719. The second kappa shape index (κ2) is 7.80. The molecule has 0 aliphatic heterocycles. The largest absolute Gasteiger partial charge is 0.455 e. The van der Waals surface area contributed by atoms with Crippen molar-refractivity contribution in [2.45, 2.75) is 0 Å². The van der Waals surface area contributed by atoms with Gasteiger partial charge in [-0.05, 0) is 29.8 Å². The van der Waals surface area contributed by atoms with Crippen LogP contribution in [-0.2, 0) is 0 Å². The van der Waals surface area contributed by atoms with Crippen molar-refractivity contribution in [2.75, 3.05) is 5.73 Å². The lowest BCUT2D eigenvalue weighted by Gasteiger charge is -2.17. The summed E-state index contributed by atoms with van der Waals surface area (Å²) in [4.78, 5) is 13.3. The SMILES string of the molecule is Nc1ccc(C(=O)c2ccccc2)c(-c2ccccc2)c1Oc1ccccc1. The second-order valence-electron chi connectivity index (χ2n) is 6.38. The predicted molar refractivity (Wildman–Crippen MR) is 113 cm³/mol. The molecule has 3 nitrogen and oxygen atoms in total. The number of ether oxygens (including phenoxy) is 1. The average molecular weight is 365 g/mol. The molecule has 0 aliphatic rings. The van der Waals surface area contributed by atoms with Crippen molar-refractivity contribution in [2.24, 2.45) is 0 Å². The van der Waals surface area contributed by atoms with Crippen LogP contribution in [0, 0.1) is 0 Å². The summed E-state index contributed by atoms with van der Waals surface area (Å²) < 4.78 is 6.14. The normalized spacial score (nSPS) is 10.4. The molecule has 4 rings (SSSR count). The molecule has 0 heterocycles. The highest BCUT2D eigenvalue weighted by Crippen LogP contribution is 2.41. The molecule has 4 aromatic rings. The third-order valence-corrected chi connectivity index (χ3v) is 4.49. The lowest BCUT2D eigenvalue weighted by Crippen LogP contribution is -2.06. The van der Waals surface area contributed by atoms with E-state index < -0.39 is 0 Å². The fraction of sp³-hybridized carbons (Fsp3) is 0. The highest BCUT2D eigenvalue weighted by Gasteiger charge is 2.21. The van der Waals surface area contributed by atoms with Gasteiger partial charge in [0.1, 0.15) is 5.75 Å². The van der Waals surface area contributed by atoms with Gasteiger partial charge in [-0.2, -0.15) is 0 Å². The molecule has 0 spiro atoms. The van der Waals surface area contributed by atoms with E-state index in [9.17, 15) is 4.79 Å². The molecule has 0 saturated carbocycles. The van der Waals surface area contributed by atoms with Gasteiger partial charge in [0, 0.05) is 16.7 Å². The van der Waals surface area contributed by atoms with Gasteiger partial charge in [-0.3, -0.25) is 4.79 Å². The summed E-state index contributed by atoms with van der Waals surface area (Å²) in [6, 6.07) is 31.9. The Bertz CT molecular complexity index is 1090. The van der Waals surface area contributed by atoms with Crippen molar-refractivity contribution < 1.29 is 9.53 Å². The number of hydrogen-bond donors (Lipinski definition) is 1. The summed E-state index contributed by atoms with van der Waals surface area (Å²) in [5.41, 5.74) is 9.50. The highest BCUT2D eigenvalue weighted by molar-refractivity contribution is 6.14. The van der Waals surface area contributed by atoms with E-state index in [2.05, 4.69) is 0 Å². The standard InChI is InChI=1S/C25H19NO2/c26-22-17-16-21(24(27)19-12-6-2-7-13-19)23(18-10-4-1-5-11-18)25(22)28-20-14-8-3-9-15-20/h1-17H,26H2. The first-order valence-electron chi connectivity index (χ1n) is 9.04. The number of hydrogen-bond acceptors (Lipinski definition) is 3. The number of nitrogens with two attached hydrogens (primary N) is 1. The van der Waals surface area contributed by atoms with Crippen molar-refractivity contribution >= 4 is 11.5 Å². The monoisotopic (exact) mass is 365 g/mol. The van der Waals surface area contributed by atoms with Crippen molar-refractivity contribution in [1.82, 2.24) is 0 Å². The molecule has 0 unspecified atom stereocenters. The summed E-state index contributed by atoms with van der Waals surface area (Å²) in [6.07, 6.45) is 0. The van der Waals surface area contributed by atoms with Crippen LogP contribution >= 0.6 is 0 Å². The van der Waals surface area contributed by atoms with Gasteiger partial charge in [-0.15, -0.1) is 0 Å². The molecule has 0 aliphatic carbocycles. The molecule has 28 heavy (non-hydrogen) atoms. The Hall–Kier alpha value is -3.85. The summed E-state index contributed by atoms with van der Waals surface area (Å²) >= 11 is 0. The zero-order valence-corrected chi connectivity index (χ0v) is 15.2. The molecule has 0 fully saturated rings. The zero-order chi connectivity index (χ0) is 19.3. The first kappa shape index (κ1) is 17.6. The molecular weight excluding hydrogens is 346 g/mol. The maximum Gasteiger partial charge on any atom is 0.193 e. The Labute approximate surface area is 164 Å². The molecule has 0 radical (unpaired) electrons. The van der Waals surface area contributed by atoms with Gasteiger partial charge in [0.05, 0.1) is 5.69 Å². The number of nitrogen functional groups attached to an aromatic ring is 1. The zero-order valence-electron chi connectivity index (χ0n) is 15.2. The van der Waals surface area contributed by atoms with Crippen molar-refractivity contribution in [3.8, 4) is 22.6 Å². The smallest absolute Gasteiger partial charge is 0.193 e. The van der Waals surface area contributed by atoms with Crippen LogP contribution in [0.4, 0.5) is 5.69 Å². The maximum atomic E-state index is 13.3. The summed E-state index contributed by atoms with van der Waals surface area (Å²) in [7, 11) is 0. The van der Waals surface area contributed by atoms with Crippen molar-refractivity contribution in [3.05, 3.63) is 114 Å². The molecule has 2 N–H and O–H groups in total. The fourth-order valence-electron chi connectivity index (χ4n) is 3.14. The van der Waals surface area contributed by atoms with Crippen LogP contribution in [0.2, 0.25) is 0 Å². The van der Waals surface area contributed by atoms with Gasteiger partial charge in [-0.25, -0.2) is 0 Å². The molecular formula is C25H19NO2. The number of para-hydroxylation sites is 1. The molecule has 136 valence electrons. The molecule has 0 saturated heterocycles. The van der Waals surface area contributed by atoms with Crippen LogP contribution in [0.5, 0.6) is 11.5 Å². The summed E-state index contributed by atoms with van der Waals surface area (Å²) in [5.74, 6) is 1.08. The van der Waals surface area contributed by atoms with E-state index in [1.165, 1.54) is 0 Å². The topological polar surface area (TPSA) is 52.3 Å². The van der Waals surface area contributed by atoms with E-state index in [1.807, 2.05) is 91.0 Å². The Kier molecular flexibility index (Phi) is 4.89. The lowest BCUT2D eigenvalue weighted by atomic mass is 9.92. The third kappa shape index (κ3) is 3.51. The fourth-order valence-corrected chi connectivity index (χ4v) is 3.14. The quantitative estimate of drug-likeness (QED) is 0.351. The minimum Gasteiger partial charge on any atom is -0.455 e. The van der Waals surface area contributed by atoms with Gasteiger partial charge in [0.2, 0.25) is 0 Å². The van der Waals surface area contributed by atoms with Gasteiger partial charge in [0.15, 0.2) is 11.5 Å². The Morgan fingerprint density at radius 2 is 1.25 bits per heavy atom. The van der Waals surface area contributed by atoms with Crippen LogP contribution in [-0.4, -0.2) is 5.78 Å². The van der Waals surface area contributed by atoms with Crippen molar-refractivity contribution in [1.29, 1.82) is 0 Å². The van der Waals surface area contributed by atoms with Gasteiger partial charge < -0.3 is 10.5 Å². The maximum absolute atomic E-state index is 13.3. The van der Waals surface area contributed by atoms with E-state index in [1.54, 1.807) is 12.1 Å². The second-order valence-corrected chi connectivity index (χ2v) is 6.38. The number of anilines is 1. The molecule has 0 atom stereocenters. The van der Waals surface area contributed by atoms with Crippen LogP contribution in [0.25, 0.3) is 11.1 Å². The third-order valence-electron chi connectivity index (χ3n) is 4.49. The number of carbonyl (C=O) groups excluding carboxylic acids is 1. The van der Waals surface area contributed by atoms with Crippen LogP contribution in [0.15, 0.2) is 103 Å². The molecule has 0 amide bonds. The summed E-state index contributed by atoms with van der Waals surface area (Å²) in [6.45, 7) is 0.